The zero-order chi connectivity index (χ0) is 10.4. The Morgan fingerprint density at radius 1 is 1.50 bits per heavy atom. The predicted octanol–water partition coefficient (Wildman–Crippen LogP) is 1.45. The first-order chi connectivity index (χ1) is 6.74. The fraction of sp³-hybridized carbons (Fsp3) is 0.909. The number of hydrogen-bond acceptors (Lipinski definition) is 2. The number of carbonyl (C=O) groups is 1. The molecule has 0 aliphatic heterocycles. The minimum absolute atomic E-state index is 0.0816. The van der Waals surface area contributed by atoms with Crippen molar-refractivity contribution in [1.29, 1.82) is 0 Å². The quantitative estimate of drug-likeness (QED) is 0.610. The molecule has 0 bridgehead atoms. The zero-order valence-corrected chi connectivity index (χ0v) is 8.96. The Morgan fingerprint density at radius 2 is 2.21 bits per heavy atom. The first kappa shape index (κ1) is 11.5. The van der Waals surface area contributed by atoms with Crippen LogP contribution in [-0.4, -0.2) is 23.7 Å². The molecule has 0 spiro atoms. The third-order valence-corrected chi connectivity index (χ3v) is 2.68. The van der Waals surface area contributed by atoms with E-state index in [1.165, 1.54) is 0 Å². The van der Waals surface area contributed by atoms with Crippen LogP contribution < -0.4 is 5.32 Å². The molecule has 0 aromatic heterocycles. The fourth-order valence-corrected chi connectivity index (χ4v) is 1.49. The molecular weight excluding hydrogens is 178 g/mol. The minimum atomic E-state index is -0.315. The van der Waals surface area contributed by atoms with Gasteiger partial charge in [0.2, 0.25) is 5.91 Å². The number of carbonyl (C=O) groups excluding carboxylic acids is 1. The number of unbranched alkanes of at least 4 members (excludes halogenated alkanes) is 2. The maximum absolute atomic E-state index is 11.2. The molecule has 3 heteroatoms. The molecule has 0 saturated heterocycles. The summed E-state index contributed by atoms with van der Waals surface area (Å²) in [4.78, 5) is 11.2. The van der Waals surface area contributed by atoms with Crippen LogP contribution in [-0.2, 0) is 4.79 Å². The summed E-state index contributed by atoms with van der Waals surface area (Å²) in [5, 5.41) is 12.3. The van der Waals surface area contributed by atoms with Crippen molar-refractivity contribution in [3.05, 3.63) is 0 Å². The summed E-state index contributed by atoms with van der Waals surface area (Å²) in [5.74, 6) is 0.532. The lowest BCUT2D eigenvalue weighted by Gasteiger charge is -2.10. The van der Waals surface area contributed by atoms with Gasteiger partial charge in [-0.1, -0.05) is 19.8 Å². The van der Waals surface area contributed by atoms with E-state index in [2.05, 4.69) is 12.2 Å². The molecule has 0 radical (unpaired) electrons. The lowest BCUT2D eigenvalue weighted by Crippen LogP contribution is -2.32. The van der Waals surface area contributed by atoms with Crippen molar-refractivity contribution >= 4 is 5.91 Å². The SMILES string of the molecule is CCCCCC(=O)NCC(O)C1CC1. The normalized spacial score (nSPS) is 17.9. The van der Waals surface area contributed by atoms with Crippen molar-refractivity contribution in [3.63, 3.8) is 0 Å². The van der Waals surface area contributed by atoms with Crippen molar-refractivity contribution in [1.82, 2.24) is 5.32 Å². The van der Waals surface area contributed by atoms with Crippen LogP contribution >= 0.6 is 0 Å². The van der Waals surface area contributed by atoms with Gasteiger partial charge in [0.1, 0.15) is 0 Å². The maximum atomic E-state index is 11.2. The van der Waals surface area contributed by atoms with Crippen LogP contribution in [0.15, 0.2) is 0 Å². The largest absolute Gasteiger partial charge is 0.391 e. The molecule has 3 nitrogen and oxygen atoms in total. The van der Waals surface area contributed by atoms with Gasteiger partial charge >= 0.3 is 0 Å². The molecule has 1 fully saturated rings. The second-order valence-electron chi connectivity index (χ2n) is 4.17. The predicted molar refractivity (Wildman–Crippen MR) is 55.9 cm³/mol. The highest BCUT2D eigenvalue weighted by molar-refractivity contribution is 5.75. The summed E-state index contributed by atoms with van der Waals surface area (Å²) in [7, 11) is 0. The number of aliphatic hydroxyl groups is 1. The zero-order valence-electron chi connectivity index (χ0n) is 8.96. The Balaban J connectivity index is 1.96. The van der Waals surface area contributed by atoms with Crippen molar-refractivity contribution < 1.29 is 9.90 Å². The number of hydrogen-bond donors (Lipinski definition) is 2. The smallest absolute Gasteiger partial charge is 0.220 e. The summed E-state index contributed by atoms with van der Waals surface area (Å²) in [6.07, 6.45) is 5.73. The Kier molecular flexibility index (Phi) is 4.94. The number of amides is 1. The Bertz CT molecular complexity index is 178. The summed E-state index contributed by atoms with van der Waals surface area (Å²) in [6.45, 7) is 2.56. The van der Waals surface area contributed by atoms with E-state index in [0.717, 1.165) is 32.1 Å². The highest BCUT2D eigenvalue weighted by Gasteiger charge is 2.29. The summed E-state index contributed by atoms with van der Waals surface area (Å²) in [6, 6.07) is 0. The van der Waals surface area contributed by atoms with Gasteiger partial charge in [-0.15, -0.1) is 0 Å². The average molecular weight is 199 g/mol. The van der Waals surface area contributed by atoms with E-state index in [1.54, 1.807) is 0 Å². The van der Waals surface area contributed by atoms with Crippen molar-refractivity contribution in [2.45, 2.75) is 51.6 Å². The van der Waals surface area contributed by atoms with E-state index < -0.39 is 0 Å². The standard InChI is InChI=1S/C11H21NO2/c1-2-3-4-5-11(14)12-8-10(13)9-6-7-9/h9-10,13H,2-8H2,1H3,(H,12,14). The van der Waals surface area contributed by atoms with Crippen molar-refractivity contribution in [2.24, 2.45) is 5.92 Å². The van der Waals surface area contributed by atoms with Crippen LogP contribution in [0.2, 0.25) is 0 Å². The molecule has 0 aromatic rings. The first-order valence-corrected chi connectivity index (χ1v) is 5.68. The minimum Gasteiger partial charge on any atom is -0.391 e. The topological polar surface area (TPSA) is 49.3 Å². The van der Waals surface area contributed by atoms with Crippen LogP contribution in [0.25, 0.3) is 0 Å². The van der Waals surface area contributed by atoms with E-state index in [9.17, 15) is 9.90 Å². The molecule has 0 heterocycles. The van der Waals surface area contributed by atoms with Crippen LogP contribution in [0, 0.1) is 5.92 Å². The third kappa shape index (κ3) is 4.61. The lowest BCUT2D eigenvalue weighted by atomic mass is 10.2. The molecule has 1 aliphatic carbocycles. The Hall–Kier alpha value is -0.570. The van der Waals surface area contributed by atoms with Crippen LogP contribution in [0.4, 0.5) is 0 Å². The first-order valence-electron chi connectivity index (χ1n) is 5.68. The van der Waals surface area contributed by atoms with Gasteiger partial charge in [-0.2, -0.15) is 0 Å². The van der Waals surface area contributed by atoms with E-state index in [-0.39, 0.29) is 12.0 Å². The molecule has 1 rings (SSSR count). The Labute approximate surface area is 85.9 Å². The van der Waals surface area contributed by atoms with Gasteiger partial charge in [0.15, 0.2) is 0 Å². The third-order valence-electron chi connectivity index (χ3n) is 2.68. The second kappa shape index (κ2) is 6.02. The molecule has 1 atom stereocenters. The molecule has 1 amide bonds. The van der Waals surface area contributed by atoms with E-state index in [1.807, 2.05) is 0 Å². The molecule has 2 N–H and O–H groups in total. The van der Waals surface area contributed by atoms with Gasteiger partial charge in [0.05, 0.1) is 6.10 Å². The number of nitrogens with one attached hydrogen (secondary N) is 1. The van der Waals surface area contributed by atoms with Gasteiger partial charge in [-0.05, 0) is 25.2 Å². The summed E-state index contributed by atoms with van der Waals surface area (Å²) < 4.78 is 0. The highest BCUT2D eigenvalue weighted by Crippen LogP contribution is 2.32. The highest BCUT2D eigenvalue weighted by atomic mass is 16.3. The van der Waals surface area contributed by atoms with Crippen LogP contribution in [0.3, 0.4) is 0 Å². The van der Waals surface area contributed by atoms with Crippen LogP contribution in [0.5, 0.6) is 0 Å². The number of aliphatic hydroxyl groups excluding tert-OH is 1. The number of rotatable bonds is 7. The van der Waals surface area contributed by atoms with Gasteiger partial charge in [-0.3, -0.25) is 4.79 Å². The van der Waals surface area contributed by atoms with E-state index >= 15 is 0 Å². The molecule has 0 aromatic carbocycles. The van der Waals surface area contributed by atoms with Gasteiger partial charge < -0.3 is 10.4 Å². The van der Waals surface area contributed by atoms with Crippen molar-refractivity contribution in [3.8, 4) is 0 Å². The molecular formula is C11H21NO2. The molecule has 1 unspecified atom stereocenters. The van der Waals surface area contributed by atoms with Gasteiger partial charge in [-0.25, -0.2) is 0 Å². The summed E-state index contributed by atoms with van der Waals surface area (Å²) in [5.41, 5.74) is 0. The fourth-order valence-electron chi connectivity index (χ4n) is 1.49. The Morgan fingerprint density at radius 3 is 2.79 bits per heavy atom. The molecule has 82 valence electrons. The van der Waals surface area contributed by atoms with E-state index in [0.29, 0.717) is 18.9 Å². The van der Waals surface area contributed by atoms with E-state index in [4.69, 9.17) is 0 Å². The van der Waals surface area contributed by atoms with Crippen LogP contribution in [0.1, 0.15) is 45.4 Å². The maximum Gasteiger partial charge on any atom is 0.220 e. The molecule has 1 saturated carbocycles. The van der Waals surface area contributed by atoms with Gasteiger partial charge in [0.25, 0.3) is 0 Å². The molecule has 1 aliphatic rings. The monoisotopic (exact) mass is 199 g/mol. The summed E-state index contributed by atoms with van der Waals surface area (Å²) >= 11 is 0. The lowest BCUT2D eigenvalue weighted by molar-refractivity contribution is -0.121. The van der Waals surface area contributed by atoms with Crippen molar-refractivity contribution in [2.75, 3.05) is 6.54 Å². The van der Waals surface area contributed by atoms with Gasteiger partial charge in [0, 0.05) is 13.0 Å². The molecule has 14 heavy (non-hydrogen) atoms. The second-order valence-corrected chi connectivity index (χ2v) is 4.17. The average Bonchev–Trinajstić information content (AvgIpc) is 2.98.